The number of carbonyl (C=O) groups excluding carboxylic acids is 2. The number of carbonyl (C=O) groups is 2. The summed E-state index contributed by atoms with van der Waals surface area (Å²) >= 11 is 0. The van der Waals surface area contributed by atoms with E-state index < -0.39 is 17.5 Å². The van der Waals surface area contributed by atoms with Crippen LogP contribution in [0.5, 0.6) is 17.2 Å². The number of hydrogen-bond donors (Lipinski definition) is 2. The van der Waals surface area contributed by atoms with E-state index in [4.69, 9.17) is 9.47 Å². The smallest absolute Gasteiger partial charge is 0.342 e. The van der Waals surface area contributed by atoms with Crippen molar-refractivity contribution >= 4 is 17.8 Å². The van der Waals surface area contributed by atoms with Crippen LogP contribution in [0, 0.1) is 13.8 Å². The molecule has 0 radical (unpaired) electrons. The highest BCUT2D eigenvalue weighted by Crippen LogP contribution is 2.41. The fraction of sp³-hybridized carbons (Fsp3) is 0.467. The fourth-order valence-corrected chi connectivity index (χ4v) is 4.13. The number of aromatic hydroxyl groups is 2. The molecule has 0 fully saturated rings. The Hall–Kier alpha value is -3.28. The molecule has 2 aromatic rings. The molecule has 0 unspecified atom stereocenters. The van der Waals surface area contributed by atoms with Gasteiger partial charge in [0, 0.05) is 11.1 Å². The number of rotatable bonds is 6. The van der Waals surface area contributed by atoms with Crippen molar-refractivity contribution in [3.05, 3.63) is 57.2 Å². The van der Waals surface area contributed by atoms with Gasteiger partial charge in [0.15, 0.2) is 17.3 Å². The summed E-state index contributed by atoms with van der Waals surface area (Å²) in [4.78, 5) is 26.0. The van der Waals surface area contributed by atoms with Crippen LogP contribution in [0.4, 0.5) is 0 Å². The van der Waals surface area contributed by atoms with Crippen molar-refractivity contribution in [2.75, 3.05) is 7.11 Å². The minimum atomic E-state index is -0.624. The van der Waals surface area contributed by atoms with Crippen LogP contribution < -0.4 is 4.74 Å². The van der Waals surface area contributed by atoms with E-state index in [1.165, 1.54) is 13.2 Å². The second kappa shape index (κ2) is 10.4. The Balaban J connectivity index is 2.64. The van der Waals surface area contributed by atoms with Crippen LogP contribution in [0.1, 0.15) is 104 Å². The van der Waals surface area contributed by atoms with Gasteiger partial charge in [0.2, 0.25) is 0 Å². The van der Waals surface area contributed by atoms with Crippen LogP contribution in [-0.4, -0.2) is 35.2 Å². The van der Waals surface area contributed by atoms with E-state index in [9.17, 15) is 19.8 Å². The maximum Gasteiger partial charge on any atom is 0.342 e. The van der Waals surface area contributed by atoms with Gasteiger partial charge in [0.1, 0.15) is 11.3 Å². The third-order valence-corrected chi connectivity index (χ3v) is 6.16. The number of ether oxygens (including phenoxy) is 2. The fourth-order valence-electron chi connectivity index (χ4n) is 4.13. The SMILES string of the molecule is COc1c(O)c(C(=O)C=Cc2cc(C(C)(C)C)c(O)c(C(C)(C)C)c2)c(C)c(C)c1C(=O)OC(C)C. The molecular formula is C30H40O6. The zero-order valence-corrected chi connectivity index (χ0v) is 23.4. The number of benzene rings is 2. The molecule has 0 saturated carbocycles. The summed E-state index contributed by atoms with van der Waals surface area (Å²) in [6.07, 6.45) is 2.71. The van der Waals surface area contributed by atoms with Gasteiger partial charge in [-0.25, -0.2) is 4.79 Å². The summed E-state index contributed by atoms with van der Waals surface area (Å²) in [5.74, 6) is -1.28. The number of phenols is 2. The van der Waals surface area contributed by atoms with Gasteiger partial charge >= 0.3 is 5.97 Å². The Morgan fingerprint density at radius 2 is 1.33 bits per heavy atom. The molecule has 2 aromatic carbocycles. The van der Waals surface area contributed by atoms with Crippen LogP contribution in [0.25, 0.3) is 6.08 Å². The van der Waals surface area contributed by atoms with Gasteiger partial charge in [-0.2, -0.15) is 0 Å². The van der Waals surface area contributed by atoms with Gasteiger partial charge < -0.3 is 19.7 Å². The molecule has 0 spiro atoms. The maximum absolute atomic E-state index is 13.3. The number of ketones is 1. The predicted molar refractivity (Wildman–Crippen MR) is 144 cm³/mol. The largest absolute Gasteiger partial charge is 0.507 e. The molecule has 196 valence electrons. The molecule has 0 atom stereocenters. The number of allylic oxidation sites excluding steroid dienone is 1. The molecule has 2 N–H and O–H groups in total. The van der Waals surface area contributed by atoms with E-state index in [0.29, 0.717) is 11.1 Å². The van der Waals surface area contributed by atoms with Gasteiger partial charge in [-0.3, -0.25) is 4.79 Å². The zero-order valence-electron chi connectivity index (χ0n) is 23.4. The van der Waals surface area contributed by atoms with E-state index in [1.54, 1.807) is 33.8 Å². The van der Waals surface area contributed by atoms with Crippen LogP contribution in [-0.2, 0) is 15.6 Å². The number of phenolic OH excluding ortho intramolecular Hbond substituents is 2. The van der Waals surface area contributed by atoms with Crippen molar-refractivity contribution in [1.29, 1.82) is 0 Å². The van der Waals surface area contributed by atoms with E-state index in [2.05, 4.69) is 0 Å². The predicted octanol–water partition coefficient (Wildman–Crippen LogP) is 6.78. The highest BCUT2D eigenvalue weighted by molar-refractivity contribution is 6.12. The number of hydrogen-bond acceptors (Lipinski definition) is 6. The molecule has 0 aliphatic carbocycles. The molecule has 0 aliphatic heterocycles. The highest BCUT2D eigenvalue weighted by Gasteiger charge is 2.29. The lowest BCUT2D eigenvalue weighted by molar-refractivity contribution is 0.0372. The summed E-state index contributed by atoms with van der Waals surface area (Å²) in [5, 5.41) is 21.9. The van der Waals surface area contributed by atoms with Gasteiger partial charge in [-0.1, -0.05) is 47.6 Å². The first-order chi connectivity index (χ1) is 16.4. The molecule has 2 rings (SSSR count). The zero-order chi connectivity index (χ0) is 27.7. The molecule has 0 heterocycles. The van der Waals surface area contributed by atoms with Crippen molar-refractivity contribution in [1.82, 2.24) is 0 Å². The van der Waals surface area contributed by atoms with Gasteiger partial charge in [0.05, 0.1) is 18.8 Å². The minimum Gasteiger partial charge on any atom is -0.507 e. The Kier molecular flexibility index (Phi) is 8.34. The van der Waals surface area contributed by atoms with Crippen molar-refractivity contribution < 1.29 is 29.3 Å². The summed E-state index contributed by atoms with van der Waals surface area (Å²) < 4.78 is 10.6. The minimum absolute atomic E-state index is 0.0626. The van der Waals surface area contributed by atoms with E-state index >= 15 is 0 Å². The first kappa shape index (κ1) is 29.0. The Labute approximate surface area is 215 Å². The highest BCUT2D eigenvalue weighted by atomic mass is 16.5. The topological polar surface area (TPSA) is 93.1 Å². The Morgan fingerprint density at radius 1 is 0.861 bits per heavy atom. The molecule has 0 aromatic heterocycles. The van der Waals surface area contributed by atoms with Crippen molar-refractivity contribution in [2.45, 2.75) is 86.2 Å². The van der Waals surface area contributed by atoms with Crippen LogP contribution in [0.3, 0.4) is 0 Å². The Bertz CT molecular complexity index is 1170. The monoisotopic (exact) mass is 496 g/mol. The quantitative estimate of drug-likeness (QED) is 0.260. The number of esters is 1. The first-order valence-corrected chi connectivity index (χ1v) is 12.1. The summed E-state index contributed by atoms with van der Waals surface area (Å²) in [7, 11) is 1.33. The van der Waals surface area contributed by atoms with Crippen LogP contribution >= 0.6 is 0 Å². The van der Waals surface area contributed by atoms with E-state index in [1.807, 2.05) is 53.7 Å². The average molecular weight is 497 g/mol. The van der Waals surface area contributed by atoms with Gasteiger partial charge in [-0.05, 0) is 73.4 Å². The van der Waals surface area contributed by atoms with E-state index in [-0.39, 0.29) is 39.6 Å². The first-order valence-electron chi connectivity index (χ1n) is 12.1. The van der Waals surface area contributed by atoms with E-state index in [0.717, 1.165) is 16.7 Å². The molecule has 0 amide bonds. The van der Waals surface area contributed by atoms with Crippen LogP contribution in [0.2, 0.25) is 0 Å². The van der Waals surface area contributed by atoms with Crippen molar-refractivity contribution in [2.24, 2.45) is 0 Å². The third kappa shape index (κ3) is 5.92. The molecule has 6 nitrogen and oxygen atoms in total. The maximum atomic E-state index is 13.3. The normalized spacial score (nSPS) is 12.3. The van der Waals surface area contributed by atoms with Gasteiger partial charge in [0.25, 0.3) is 0 Å². The molecular weight excluding hydrogens is 456 g/mol. The average Bonchev–Trinajstić information content (AvgIpc) is 2.73. The molecule has 0 saturated heterocycles. The molecule has 0 bridgehead atoms. The summed E-state index contributed by atoms with van der Waals surface area (Å²) in [6, 6.07) is 3.75. The molecule has 36 heavy (non-hydrogen) atoms. The lowest BCUT2D eigenvalue weighted by Crippen LogP contribution is -2.17. The summed E-state index contributed by atoms with van der Waals surface area (Å²) in [6.45, 7) is 19.0. The standard InChI is InChI=1S/C30H40O6/c1-16(2)36-28(34)24-18(4)17(3)23(26(33)27(24)35-11)22(31)13-12-19-14-20(29(5,6)7)25(32)21(15-19)30(8,9)10/h12-16,32-33H,1-11H3. The second-order valence-corrected chi connectivity index (χ2v) is 11.5. The lowest BCUT2D eigenvalue weighted by atomic mass is 9.78. The van der Waals surface area contributed by atoms with Crippen molar-refractivity contribution in [3.8, 4) is 17.2 Å². The molecule has 6 heteroatoms. The lowest BCUT2D eigenvalue weighted by Gasteiger charge is -2.27. The third-order valence-electron chi connectivity index (χ3n) is 6.16. The Morgan fingerprint density at radius 3 is 1.75 bits per heavy atom. The van der Waals surface area contributed by atoms with Crippen LogP contribution in [0.15, 0.2) is 18.2 Å². The van der Waals surface area contributed by atoms with Gasteiger partial charge in [-0.15, -0.1) is 0 Å². The van der Waals surface area contributed by atoms with Crippen molar-refractivity contribution in [3.63, 3.8) is 0 Å². The number of methoxy groups -OCH3 is 1. The summed E-state index contributed by atoms with van der Waals surface area (Å²) in [5.41, 5.74) is 2.84. The molecule has 0 aliphatic rings. The second-order valence-electron chi connectivity index (χ2n) is 11.5.